The van der Waals surface area contributed by atoms with E-state index in [9.17, 15) is 9.90 Å². The molecule has 5 heteroatoms. The summed E-state index contributed by atoms with van der Waals surface area (Å²) < 4.78 is 16.9. The van der Waals surface area contributed by atoms with E-state index in [0.29, 0.717) is 29.2 Å². The summed E-state index contributed by atoms with van der Waals surface area (Å²) in [7, 11) is 1.52. The highest BCUT2D eigenvalue weighted by atomic mass is 16.5. The zero-order chi connectivity index (χ0) is 18.8. The van der Waals surface area contributed by atoms with Crippen LogP contribution in [0.15, 0.2) is 35.9 Å². The molecule has 1 aliphatic rings. The summed E-state index contributed by atoms with van der Waals surface area (Å²) in [6, 6.07) is 7.01. The maximum atomic E-state index is 12.6. The summed E-state index contributed by atoms with van der Waals surface area (Å²) in [5.74, 6) is 0.524. The molecule has 3 rings (SSSR count). The number of fused-ring (bicyclic) bond motifs is 2. The normalized spacial score (nSPS) is 12.7. The molecule has 2 aromatic carbocycles. The second-order valence-electron chi connectivity index (χ2n) is 6.57. The number of allylic oxidation sites excluding steroid dienone is 2. The summed E-state index contributed by atoms with van der Waals surface area (Å²) in [5.41, 5.74) is 3.75. The van der Waals surface area contributed by atoms with E-state index in [1.807, 2.05) is 32.9 Å². The molecule has 1 aliphatic heterocycles. The highest BCUT2D eigenvalue weighted by Crippen LogP contribution is 2.42. The predicted molar refractivity (Wildman–Crippen MR) is 98.2 cm³/mol. The molecule has 0 amide bonds. The highest BCUT2D eigenvalue weighted by molar-refractivity contribution is 5.96. The third-order valence-corrected chi connectivity index (χ3v) is 4.20. The van der Waals surface area contributed by atoms with Gasteiger partial charge in [-0.15, -0.1) is 0 Å². The number of cyclic esters (lactones) is 1. The van der Waals surface area contributed by atoms with Gasteiger partial charge in [0.2, 0.25) is 0 Å². The standard InChI is InChI=1S/C21H22O5/c1-12(2)5-6-14-7-8-17-18(20(14)24-4)21(23)25-11-15-9-13(3)10-16(22)19(15)26-17/h5,7-10,22H,6,11H2,1-4H3. The molecule has 0 bridgehead atoms. The molecule has 0 atom stereocenters. The maximum absolute atomic E-state index is 12.6. The molecule has 0 unspecified atom stereocenters. The molecule has 0 saturated heterocycles. The number of hydrogen-bond donors (Lipinski definition) is 1. The largest absolute Gasteiger partial charge is 0.504 e. The van der Waals surface area contributed by atoms with E-state index in [-0.39, 0.29) is 17.9 Å². The number of aryl methyl sites for hydroxylation is 1. The number of ether oxygens (including phenoxy) is 3. The van der Waals surface area contributed by atoms with Crippen molar-refractivity contribution in [3.63, 3.8) is 0 Å². The van der Waals surface area contributed by atoms with Crippen molar-refractivity contribution >= 4 is 5.97 Å². The fourth-order valence-corrected chi connectivity index (χ4v) is 2.97. The molecule has 0 radical (unpaired) electrons. The van der Waals surface area contributed by atoms with Gasteiger partial charge in [-0.2, -0.15) is 0 Å². The van der Waals surface area contributed by atoms with Gasteiger partial charge in [0.15, 0.2) is 11.5 Å². The number of aromatic hydroxyl groups is 1. The van der Waals surface area contributed by atoms with Crippen LogP contribution in [0.1, 0.15) is 40.9 Å². The molecular weight excluding hydrogens is 332 g/mol. The quantitative estimate of drug-likeness (QED) is 0.640. The molecule has 1 heterocycles. The van der Waals surface area contributed by atoms with E-state index in [1.54, 1.807) is 12.1 Å². The number of benzene rings is 2. The molecule has 5 nitrogen and oxygen atoms in total. The van der Waals surface area contributed by atoms with Crippen molar-refractivity contribution < 1.29 is 24.1 Å². The molecule has 0 aliphatic carbocycles. The molecule has 0 fully saturated rings. The van der Waals surface area contributed by atoms with Crippen LogP contribution < -0.4 is 9.47 Å². The summed E-state index contributed by atoms with van der Waals surface area (Å²) in [6.07, 6.45) is 2.69. The van der Waals surface area contributed by atoms with E-state index >= 15 is 0 Å². The van der Waals surface area contributed by atoms with Gasteiger partial charge in [0, 0.05) is 5.56 Å². The van der Waals surface area contributed by atoms with Crippen molar-refractivity contribution in [2.45, 2.75) is 33.8 Å². The molecule has 0 aromatic heterocycles. The molecule has 136 valence electrons. The number of carbonyl (C=O) groups is 1. The highest BCUT2D eigenvalue weighted by Gasteiger charge is 2.27. The van der Waals surface area contributed by atoms with Gasteiger partial charge in [-0.1, -0.05) is 17.7 Å². The lowest BCUT2D eigenvalue weighted by molar-refractivity contribution is 0.0454. The summed E-state index contributed by atoms with van der Waals surface area (Å²) in [6.45, 7) is 5.90. The van der Waals surface area contributed by atoms with E-state index in [2.05, 4.69) is 6.08 Å². The second-order valence-corrected chi connectivity index (χ2v) is 6.57. The van der Waals surface area contributed by atoms with Crippen LogP contribution in [-0.2, 0) is 17.8 Å². The first kappa shape index (κ1) is 17.9. The minimum atomic E-state index is -0.512. The number of esters is 1. The van der Waals surface area contributed by atoms with E-state index in [4.69, 9.17) is 14.2 Å². The zero-order valence-electron chi connectivity index (χ0n) is 15.4. The number of methoxy groups -OCH3 is 1. The second kappa shape index (κ2) is 7.12. The lowest BCUT2D eigenvalue weighted by atomic mass is 10.0. The fraction of sp³-hybridized carbons (Fsp3) is 0.286. The van der Waals surface area contributed by atoms with E-state index in [0.717, 1.165) is 11.1 Å². The van der Waals surface area contributed by atoms with Gasteiger partial charge in [0.1, 0.15) is 23.7 Å². The van der Waals surface area contributed by atoms with Crippen LogP contribution in [0.4, 0.5) is 0 Å². The topological polar surface area (TPSA) is 65.0 Å². The summed E-state index contributed by atoms with van der Waals surface area (Å²) in [5, 5.41) is 10.3. The van der Waals surface area contributed by atoms with E-state index in [1.165, 1.54) is 12.7 Å². The first-order valence-electron chi connectivity index (χ1n) is 8.41. The van der Waals surface area contributed by atoms with Crippen LogP contribution in [0.5, 0.6) is 23.0 Å². The Morgan fingerprint density at radius 1 is 1.31 bits per heavy atom. The van der Waals surface area contributed by atoms with Crippen molar-refractivity contribution in [3.8, 4) is 23.0 Å². The van der Waals surface area contributed by atoms with Crippen molar-refractivity contribution in [2.24, 2.45) is 0 Å². The lowest BCUT2D eigenvalue weighted by Crippen LogP contribution is -2.13. The van der Waals surface area contributed by atoms with Gasteiger partial charge >= 0.3 is 5.97 Å². The Bertz CT molecular complexity index is 892. The van der Waals surface area contributed by atoms with Crippen molar-refractivity contribution in [3.05, 3.63) is 58.2 Å². The number of phenolic OH excluding ortho intramolecular Hbond substituents is 1. The van der Waals surface area contributed by atoms with Gasteiger partial charge in [-0.05, 0) is 56.5 Å². The molecule has 0 spiro atoms. The Balaban J connectivity index is 2.14. The summed E-state index contributed by atoms with van der Waals surface area (Å²) >= 11 is 0. The molecule has 2 aromatic rings. The average Bonchev–Trinajstić information content (AvgIpc) is 2.58. The SMILES string of the molecule is COc1c(CC=C(C)C)ccc2c1C(=O)OCc1cc(C)cc(O)c1O2. The minimum absolute atomic E-state index is 0.0106. The van der Waals surface area contributed by atoms with Crippen LogP contribution in [0.2, 0.25) is 0 Å². The Kier molecular flexibility index (Phi) is 4.89. The van der Waals surface area contributed by atoms with Crippen molar-refractivity contribution in [2.75, 3.05) is 7.11 Å². The first-order valence-corrected chi connectivity index (χ1v) is 8.41. The Morgan fingerprint density at radius 2 is 2.08 bits per heavy atom. The molecule has 1 N–H and O–H groups in total. The zero-order valence-corrected chi connectivity index (χ0v) is 15.4. The minimum Gasteiger partial charge on any atom is -0.504 e. The Hall–Kier alpha value is -2.95. The van der Waals surface area contributed by atoms with Gasteiger partial charge < -0.3 is 19.3 Å². The van der Waals surface area contributed by atoms with Gasteiger partial charge in [-0.3, -0.25) is 0 Å². The lowest BCUT2D eigenvalue weighted by Gasteiger charge is -2.21. The van der Waals surface area contributed by atoms with Gasteiger partial charge in [0.25, 0.3) is 0 Å². The number of hydrogen-bond acceptors (Lipinski definition) is 5. The van der Waals surface area contributed by atoms with Crippen LogP contribution in [0.25, 0.3) is 0 Å². The van der Waals surface area contributed by atoms with Gasteiger partial charge in [0.05, 0.1) is 7.11 Å². The number of phenols is 1. The third-order valence-electron chi connectivity index (χ3n) is 4.20. The molecular formula is C21H22O5. The van der Waals surface area contributed by atoms with Crippen molar-refractivity contribution in [1.82, 2.24) is 0 Å². The smallest absolute Gasteiger partial charge is 0.346 e. The maximum Gasteiger partial charge on any atom is 0.346 e. The van der Waals surface area contributed by atoms with Crippen LogP contribution in [-0.4, -0.2) is 18.2 Å². The van der Waals surface area contributed by atoms with Crippen LogP contribution >= 0.6 is 0 Å². The molecule has 26 heavy (non-hydrogen) atoms. The van der Waals surface area contributed by atoms with Crippen molar-refractivity contribution in [1.29, 1.82) is 0 Å². The predicted octanol–water partition coefficient (Wildman–Crippen LogP) is 4.68. The van der Waals surface area contributed by atoms with Crippen LogP contribution in [0.3, 0.4) is 0 Å². The average molecular weight is 354 g/mol. The van der Waals surface area contributed by atoms with Crippen LogP contribution in [0, 0.1) is 6.92 Å². The monoisotopic (exact) mass is 354 g/mol. The van der Waals surface area contributed by atoms with Gasteiger partial charge in [-0.25, -0.2) is 4.79 Å². The number of carbonyl (C=O) groups excluding carboxylic acids is 1. The fourth-order valence-electron chi connectivity index (χ4n) is 2.97. The Morgan fingerprint density at radius 3 is 2.77 bits per heavy atom. The number of rotatable bonds is 3. The first-order chi connectivity index (χ1) is 12.4. The summed E-state index contributed by atoms with van der Waals surface area (Å²) in [4.78, 5) is 12.6. The third kappa shape index (κ3) is 3.38. The van der Waals surface area contributed by atoms with E-state index < -0.39 is 5.97 Å². The Labute approximate surface area is 152 Å². The molecule has 0 saturated carbocycles.